The van der Waals surface area contributed by atoms with Crippen LogP contribution in [0.1, 0.15) is 23.6 Å². The molecule has 1 unspecified atom stereocenters. The summed E-state index contributed by atoms with van der Waals surface area (Å²) in [5.41, 5.74) is 2.87. The molecule has 0 fully saturated rings. The van der Waals surface area contributed by atoms with E-state index < -0.39 is 23.2 Å². The van der Waals surface area contributed by atoms with Crippen molar-refractivity contribution in [2.75, 3.05) is 0 Å². The van der Waals surface area contributed by atoms with Crippen molar-refractivity contribution < 1.29 is 48.0 Å². The van der Waals surface area contributed by atoms with E-state index in [1.54, 1.807) is 6.56 Å². The quantitative estimate of drug-likeness (QED) is 0.576. The van der Waals surface area contributed by atoms with Gasteiger partial charge >= 0.3 is 131 Å². The Bertz CT molecular complexity index is 729. The molecule has 0 radical (unpaired) electrons. The van der Waals surface area contributed by atoms with E-state index in [1.807, 2.05) is 0 Å². The number of fused-ring (bicyclic) bond motifs is 1. The van der Waals surface area contributed by atoms with E-state index in [4.69, 9.17) is 0 Å². The number of halogens is 2. The Balaban J connectivity index is 0.000000882. The van der Waals surface area contributed by atoms with Gasteiger partial charge in [0, 0.05) is 0 Å². The van der Waals surface area contributed by atoms with E-state index in [-0.39, 0.29) is 24.8 Å². The van der Waals surface area contributed by atoms with Crippen LogP contribution < -0.4 is 24.8 Å². The maximum absolute atomic E-state index is 2.45. The molecular weight excluding hydrogens is 392 g/mol. The average molecular weight is 407 g/mol. The molecule has 0 aliphatic heterocycles. The van der Waals surface area contributed by atoms with Crippen LogP contribution in [0.25, 0.3) is 6.08 Å². The molecule has 2 aromatic rings. The number of allylic oxidation sites excluding steroid dienone is 5. The molecule has 110 valence electrons. The van der Waals surface area contributed by atoms with Gasteiger partial charge in [-0.1, -0.05) is 0 Å². The summed E-state index contributed by atoms with van der Waals surface area (Å²) in [6.45, 7) is 0. The van der Waals surface area contributed by atoms with Crippen molar-refractivity contribution in [3.05, 3.63) is 84.7 Å². The molecular formula is C18H15Cl2NZr. The Morgan fingerprint density at radius 2 is 1.77 bits per heavy atom. The van der Waals surface area contributed by atoms with Crippen LogP contribution in [0.4, 0.5) is 0 Å². The summed E-state index contributed by atoms with van der Waals surface area (Å²) in [6.07, 6.45) is 14.8. The minimum Gasteiger partial charge on any atom is -1.00 e. The Kier molecular flexibility index (Phi) is 6.09. The summed E-state index contributed by atoms with van der Waals surface area (Å²) in [7, 11) is 0. The molecule has 0 bridgehead atoms. The van der Waals surface area contributed by atoms with Gasteiger partial charge in [0.05, 0.1) is 0 Å². The molecule has 1 atom stereocenters. The third-order valence-electron chi connectivity index (χ3n) is 3.90. The fraction of sp³-hybridized carbons (Fsp3) is 0.111. The largest absolute Gasteiger partial charge is 1.00 e. The molecule has 1 nitrogen and oxygen atoms in total. The van der Waals surface area contributed by atoms with Crippen LogP contribution in [-0.2, 0) is 23.2 Å². The standard InChI is InChI=1S/C13H10N.C5H5.2ClH.Zr/c1-2-6-12-11(5-1)7-8-13(12)14-9-3-4-10-14;1-2-4-5-3-1;;;/h1-7,9-10,13H;1-3H,4H2;2*1H;/q;;;;+2/p-2. The van der Waals surface area contributed by atoms with Crippen molar-refractivity contribution in [3.63, 3.8) is 0 Å². The third-order valence-corrected chi connectivity index (χ3v) is 7.34. The third kappa shape index (κ3) is 3.25. The van der Waals surface area contributed by atoms with Gasteiger partial charge in [0.25, 0.3) is 0 Å². The van der Waals surface area contributed by atoms with Crippen molar-refractivity contribution in [1.82, 2.24) is 4.57 Å². The van der Waals surface area contributed by atoms with Gasteiger partial charge in [-0.15, -0.1) is 0 Å². The number of nitrogens with zero attached hydrogens (tertiary/aromatic N) is 1. The second kappa shape index (κ2) is 7.64. The van der Waals surface area contributed by atoms with Crippen molar-refractivity contribution in [2.24, 2.45) is 0 Å². The number of aromatic nitrogens is 1. The van der Waals surface area contributed by atoms with Gasteiger partial charge < -0.3 is 24.8 Å². The van der Waals surface area contributed by atoms with Crippen LogP contribution in [0.15, 0.2) is 73.6 Å². The summed E-state index contributed by atoms with van der Waals surface area (Å²) < 4.78 is 5.72. The zero-order valence-corrected chi connectivity index (χ0v) is 15.9. The van der Waals surface area contributed by atoms with E-state index in [0.29, 0.717) is 6.04 Å². The first kappa shape index (κ1) is 17.5. The van der Waals surface area contributed by atoms with Gasteiger partial charge in [-0.2, -0.15) is 0 Å². The molecule has 0 spiro atoms. The molecule has 1 heterocycles. The molecule has 1 aromatic carbocycles. The predicted octanol–water partition coefficient (Wildman–Crippen LogP) is -1.63. The van der Waals surface area contributed by atoms with Gasteiger partial charge in [-0.25, -0.2) is 0 Å². The molecule has 2 aliphatic rings. The summed E-state index contributed by atoms with van der Waals surface area (Å²) in [5, 5.41) is 0. The van der Waals surface area contributed by atoms with Crippen LogP contribution in [0, 0.1) is 0 Å². The van der Waals surface area contributed by atoms with E-state index >= 15 is 0 Å². The minimum atomic E-state index is -0.645. The molecule has 0 saturated carbocycles. The average Bonchev–Trinajstić information content (AvgIpc) is 3.18. The van der Waals surface area contributed by atoms with Gasteiger partial charge in [0.2, 0.25) is 0 Å². The Morgan fingerprint density at radius 1 is 1.00 bits per heavy atom. The van der Waals surface area contributed by atoms with E-state index in [9.17, 15) is 0 Å². The van der Waals surface area contributed by atoms with Crippen molar-refractivity contribution in [3.8, 4) is 0 Å². The minimum absolute atomic E-state index is 0. The van der Waals surface area contributed by atoms with E-state index in [2.05, 4.69) is 77.7 Å². The van der Waals surface area contributed by atoms with Crippen molar-refractivity contribution >= 4 is 6.08 Å². The molecule has 0 N–H and O–H groups in total. The van der Waals surface area contributed by atoms with E-state index in [0.717, 1.165) is 0 Å². The maximum atomic E-state index is 2.45. The van der Waals surface area contributed by atoms with Crippen molar-refractivity contribution in [1.29, 1.82) is 0 Å². The van der Waals surface area contributed by atoms with Gasteiger partial charge in [-0.3, -0.25) is 0 Å². The zero-order valence-electron chi connectivity index (χ0n) is 11.9. The zero-order chi connectivity index (χ0) is 13.4. The Hall–Kier alpha value is -0.817. The first-order chi connectivity index (χ1) is 9.92. The molecule has 0 saturated heterocycles. The van der Waals surface area contributed by atoms with Crippen LogP contribution >= 0.6 is 0 Å². The van der Waals surface area contributed by atoms with Crippen LogP contribution in [0.3, 0.4) is 0 Å². The first-order valence-corrected chi connectivity index (χ1v) is 9.43. The summed E-state index contributed by atoms with van der Waals surface area (Å²) in [4.78, 5) is 0. The Morgan fingerprint density at radius 3 is 2.50 bits per heavy atom. The molecule has 1 aromatic heterocycles. The van der Waals surface area contributed by atoms with E-state index in [1.165, 1.54) is 17.5 Å². The topological polar surface area (TPSA) is 4.93 Å². The fourth-order valence-corrected chi connectivity index (χ4v) is 6.51. The predicted molar refractivity (Wildman–Crippen MR) is 78.8 cm³/mol. The van der Waals surface area contributed by atoms with Gasteiger partial charge in [-0.05, 0) is 0 Å². The number of rotatable bonds is 3. The molecule has 0 amide bonds. The van der Waals surface area contributed by atoms with Crippen LogP contribution in [-0.4, -0.2) is 4.57 Å². The molecule has 4 heteroatoms. The normalized spacial score (nSPS) is 17.7. The Labute approximate surface area is 155 Å². The monoisotopic (exact) mass is 405 g/mol. The SMILES string of the molecule is C1=CC[C]([Zr+2][C]2=Cc3ccccc3C2n2cccc2)=C1.[Cl-].[Cl-]. The van der Waals surface area contributed by atoms with Crippen molar-refractivity contribution in [2.45, 2.75) is 12.5 Å². The summed E-state index contributed by atoms with van der Waals surface area (Å²) in [5.74, 6) is 0. The van der Waals surface area contributed by atoms with Crippen LogP contribution in [0.5, 0.6) is 0 Å². The molecule has 4 rings (SSSR count). The smallest absolute Gasteiger partial charge is 1.00 e. The number of hydrogen-bond acceptors (Lipinski definition) is 0. The fourth-order valence-electron chi connectivity index (χ4n) is 2.98. The van der Waals surface area contributed by atoms with Gasteiger partial charge in [0.1, 0.15) is 0 Å². The summed E-state index contributed by atoms with van der Waals surface area (Å²) >= 11 is -0.645. The second-order valence-electron chi connectivity index (χ2n) is 5.21. The molecule has 22 heavy (non-hydrogen) atoms. The number of hydrogen-bond donors (Lipinski definition) is 0. The number of benzene rings is 1. The van der Waals surface area contributed by atoms with Crippen LogP contribution in [0.2, 0.25) is 0 Å². The second-order valence-corrected chi connectivity index (χ2v) is 8.82. The first-order valence-electron chi connectivity index (χ1n) is 6.97. The van der Waals surface area contributed by atoms with Gasteiger partial charge in [0.15, 0.2) is 0 Å². The summed E-state index contributed by atoms with van der Waals surface area (Å²) in [6, 6.07) is 13.5. The molecule has 2 aliphatic carbocycles. The maximum Gasteiger partial charge on any atom is -1.00 e.